The quantitative estimate of drug-likeness (QED) is 0.298. The Morgan fingerprint density at radius 3 is 2.15 bits per heavy atom. The summed E-state index contributed by atoms with van der Waals surface area (Å²) in [5.41, 5.74) is 2.40. The van der Waals surface area contributed by atoms with Crippen molar-refractivity contribution in [1.82, 2.24) is 0 Å². The van der Waals surface area contributed by atoms with Crippen LogP contribution in [0, 0.1) is 18.7 Å². The van der Waals surface area contributed by atoms with Crippen LogP contribution in [0.15, 0.2) is 71.6 Å². The van der Waals surface area contributed by atoms with E-state index in [0.717, 1.165) is 38.4 Å². The number of rotatable bonds is 7. The number of nitrogens with zero attached hydrogens (tertiary/aromatic N) is 1. The number of hydrogen-bond donors (Lipinski definition) is 3. The summed E-state index contributed by atoms with van der Waals surface area (Å²) in [6, 6.07) is 18.4. The van der Waals surface area contributed by atoms with Crippen LogP contribution >= 0.6 is 0 Å². The average Bonchev–Trinajstić information content (AvgIpc) is 2.90. The Morgan fingerprint density at radius 1 is 0.976 bits per heavy atom. The van der Waals surface area contributed by atoms with E-state index >= 15 is 0 Å². The summed E-state index contributed by atoms with van der Waals surface area (Å²) in [4.78, 5) is 22.8. The highest BCUT2D eigenvalue weighted by Crippen LogP contribution is 2.31. The van der Waals surface area contributed by atoms with Crippen LogP contribution in [0.1, 0.15) is 34.3 Å². The van der Waals surface area contributed by atoms with Crippen LogP contribution in [0.3, 0.4) is 0 Å². The molecule has 0 amide bonds. The average molecular weight is 597 g/mol. The summed E-state index contributed by atoms with van der Waals surface area (Å²) in [5, 5.41) is 16.9. The molecule has 0 atom stereocenters. The number of benzene rings is 3. The summed E-state index contributed by atoms with van der Waals surface area (Å²) < 4.78 is 73.3. The van der Waals surface area contributed by atoms with Gasteiger partial charge in [-0.2, -0.15) is 13.2 Å². The number of piperidine rings is 1. The van der Waals surface area contributed by atoms with Gasteiger partial charge in [-0.3, -0.25) is 4.72 Å². The Bertz CT molecular complexity index is 1490. The van der Waals surface area contributed by atoms with Crippen molar-refractivity contribution in [3.05, 3.63) is 89.2 Å². The van der Waals surface area contributed by atoms with E-state index < -0.39 is 34.0 Å². The number of aliphatic carboxylic acids is 1. The van der Waals surface area contributed by atoms with Crippen LogP contribution in [0.5, 0.6) is 0 Å². The van der Waals surface area contributed by atoms with Crippen molar-refractivity contribution < 1.29 is 45.8 Å². The molecule has 220 valence electrons. The zero-order chi connectivity index (χ0) is 30.4. The number of nitrogens with one attached hydrogen (secondary N) is 1. The van der Waals surface area contributed by atoms with Crippen LogP contribution in [-0.2, 0) is 21.2 Å². The van der Waals surface area contributed by atoms with E-state index in [1.165, 1.54) is 23.8 Å². The number of aryl methyl sites for hydroxylation is 1. The van der Waals surface area contributed by atoms with Gasteiger partial charge in [0.25, 0.3) is 10.0 Å². The first kappa shape index (κ1) is 31.4. The maximum absolute atomic E-state index is 13.6. The molecule has 0 unspecified atom stereocenters. The summed E-state index contributed by atoms with van der Waals surface area (Å²) in [6.45, 7) is 3.03. The third kappa shape index (κ3) is 8.68. The van der Waals surface area contributed by atoms with Gasteiger partial charge in [-0.15, -0.1) is 0 Å². The topological polar surface area (TPSA) is 124 Å². The summed E-state index contributed by atoms with van der Waals surface area (Å²) >= 11 is 0. The normalized spacial score (nSPS) is 14.1. The molecule has 0 aromatic heterocycles. The molecule has 3 aromatic rings. The molecule has 0 radical (unpaired) electrons. The molecular weight excluding hydrogens is 568 g/mol. The Balaban J connectivity index is 0.000000587. The molecule has 8 nitrogen and oxygen atoms in total. The molecule has 13 heteroatoms. The van der Waals surface area contributed by atoms with Crippen LogP contribution in [0.25, 0.3) is 0 Å². The lowest BCUT2D eigenvalue weighted by atomic mass is 9.90. The molecule has 1 saturated heterocycles. The zero-order valence-electron chi connectivity index (χ0n) is 21.9. The molecule has 0 saturated carbocycles. The molecule has 0 spiro atoms. The predicted octanol–water partition coefficient (Wildman–Crippen LogP) is 5.73. The Labute approximate surface area is 234 Å². The molecule has 1 aliphatic rings. The van der Waals surface area contributed by atoms with Crippen LogP contribution in [0.2, 0.25) is 0 Å². The van der Waals surface area contributed by atoms with Crippen molar-refractivity contribution >= 4 is 33.3 Å². The van der Waals surface area contributed by atoms with Gasteiger partial charge in [0, 0.05) is 18.8 Å². The highest BCUT2D eigenvalue weighted by Gasteiger charge is 2.38. The van der Waals surface area contributed by atoms with Gasteiger partial charge in [-0.25, -0.2) is 22.4 Å². The van der Waals surface area contributed by atoms with Crippen molar-refractivity contribution in [3.63, 3.8) is 0 Å². The van der Waals surface area contributed by atoms with E-state index in [1.54, 1.807) is 19.1 Å². The Morgan fingerprint density at radius 2 is 1.59 bits per heavy atom. The smallest absolute Gasteiger partial charge is 0.478 e. The van der Waals surface area contributed by atoms with Gasteiger partial charge in [-0.05, 0) is 73.6 Å². The summed E-state index contributed by atoms with van der Waals surface area (Å²) in [6.07, 6.45) is -2.19. The lowest BCUT2D eigenvalue weighted by Gasteiger charge is -2.34. The number of carboxylic acid groups (broad SMARTS) is 2. The number of sulfonamides is 1. The largest absolute Gasteiger partial charge is 0.490 e. The van der Waals surface area contributed by atoms with Gasteiger partial charge in [0.15, 0.2) is 0 Å². The number of carboxylic acids is 2. The fraction of sp³-hybridized carbons (Fsp3) is 0.286. The minimum Gasteiger partial charge on any atom is -0.478 e. The first-order valence-corrected chi connectivity index (χ1v) is 13.9. The first-order chi connectivity index (χ1) is 19.2. The van der Waals surface area contributed by atoms with Gasteiger partial charge in [0.1, 0.15) is 5.82 Å². The molecule has 1 heterocycles. The number of hydrogen-bond acceptors (Lipinski definition) is 5. The van der Waals surface area contributed by atoms with E-state index in [9.17, 15) is 35.9 Å². The van der Waals surface area contributed by atoms with E-state index in [0.29, 0.717) is 17.2 Å². The molecule has 0 aliphatic carbocycles. The van der Waals surface area contributed by atoms with Crippen molar-refractivity contribution in [3.8, 4) is 0 Å². The molecule has 41 heavy (non-hydrogen) atoms. The monoisotopic (exact) mass is 596 g/mol. The second-order valence-electron chi connectivity index (χ2n) is 9.48. The van der Waals surface area contributed by atoms with Gasteiger partial charge in [0.2, 0.25) is 0 Å². The highest BCUT2D eigenvalue weighted by molar-refractivity contribution is 7.92. The Kier molecular flexibility index (Phi) is 9.97. The molecule has 0 bridgehead atoms. The number of anilines is 2. The van der Waals surface area contributed by atoms with E-state index in [-0.39, 0.29) is 16.1 Å². The third-order valence-corrected chi connectivity index (χ3v) is 8.01. The number of alkyl halides is 3. The summed E-state index contributed by atoms with van der Waals surface area (Å²) in [7, 11) is -4.08. The molecule has 3 aromatic carbocycles. The molecule has 4 rings (SSSR count). The van der Waals surface area contributed by atoms with Crippen molar-refractivity contribution in [2.45, 2.75) is 37.3 Å². The number of aromatic carboxylic acids is 1. The lowest BCUT2D eigenvalue weighted by Crippen LogP contribution is -2.35. The van der Waals surface area contributed by atoms with Crippen molar-refractivity contribution in [2.24, 2.45) is 5.92 Å². The maximum Gasteiger partial charge on any atom is 0.490 e. The maximum atomic E-state index is 13.6. The van der Waals surface area contributed by atoms with E-state index in [2.05, 4.69) is 16.9 Å². The molecule has 3 N–H and O–H groups in total. The van der Waals surface area contributed by atoms with Crippen LogP contribution < -0.4 is 9.62 Å². The van der Waals surface area contributed by atoms with Gasteiger partial charge < -0.3 is 15.1 Å². The number of halogens is 4. The molecule has 1 aliphatic heterocycles. The zero-order valence-corrected chi connectivity index (χ0v) is 22.7. The molecule has 1 fully saturated rings. The SMILES string of the molecule is Cc1ccc(F)cc1S(=O)(=O)Nc1ccc(N2CCC(Cc3ccccc3)CC2)c(C(=O)O)c1.O=C(O)C(F)(F)F. The standard InChI is InChI=1S/C26H27FN2O4S.C2HF3O2/c1-18-7-8-21(27)16-25(18)34(32,33)28-22-9-10-24(23(17-22)26(30)31)29-13-11-20(12-14-29)15-19-5-3-2-4-6-19;3-2(4,5)1(6)7/h2-10,16-17,20,28H,11-15H2,1H3,(H,30,31);(H,6,7). The van der Waals surface area contributed by atoms with E-state index in [4.69, 9.17) is 9.90 Å². The van der Waals surface area contributed by atoms with Crippen molar-refractivity contribution in [1.29, 1.82) is 0 Å². The minimum atomic E-state index is -5.08. The second kappa shape index (κ2) is 13.0. The van der Waals surface area contributed by atoms with Gasteiger partial charge >= 0.3 is 18.1 Å². The fourth-order valence-electron chi connectivity index (χ4n) is 4.45. The van der Waals surface area contributed by atoms with Crippen molar-refractivity contribution in [2.75, 3.05) is 22.7 Å². The second-order valence-corrected chi connectivity index (χ2v) is 11.1. The van der Waals surface area contributed by atoms with Gasteiger partial charge in [0.05, 0.1) is 16.1 Å². The third-order valence-electron chi connectivity index (χ3n) is 6.48. The minimum absolute atomic E-state index is 0.0256. The first-order valence-electron chi connectivity index (χ1n) is 12.4. The molecular formula is C28H28F4N2O6S. The fourth-order valence-corrected chi connectivity index (χ4v) is 5.75. The Hall–Kier alpha value is -4.13. The lowest BCUT2D eigenvalue weighted by molar-refractivity contribution is -0.192. The highest BCUT2D eigenvalue weighted by atomic mass is 32.2. The van der Waals surface area contributed by atoms with E-state index in [1.807, 2.05) is 23.1 Å². The van der Waals surface area contributed by atoms with Crippen LogP contribution in [-0.4, -0.2) is 49.8 Å². The summed E-state index contributed by atoms with van der Waals surface area (Å²) in [5.74, 6) is -4.02. The predicted molar refractivity (Wildman–Crippen MR) is 144 cm³/mol. The number of carbonyl (C=O) groups is 2. The van der Waals surface area contributed by atoms with Gasteiger partial charge in [-0.1, -0.05) is 36.4 Å². The van der Waals surface area contributed by atoms with Crippen LogP contribution in [0.4, 0.5) is 28.9 Å².